The van der Waals surface area contributed by atoms with Gasteiger partial charge in [0.15, 0.2) is 0 Å². The average Bonchev–Trinajstić information content (AvgIpc) is 2.45. The summed E-state index contributed by atoms with van der Waals surface area (Å²) in [5.41, 5.74) is -1.26. The van der Waals surface area contributed by atoms with Gasteiger partial charge in [-0.2, -0.15) is 0 Å². The molecule has 2 heterocycles. The highest BCUT2D eigenvalue weighted by Gasteiger charge is 2.33. The lowest BCUT2D eigenvalue weighted by Crippen LogP contribution is -2.35. The van der Waals surface area contributed by atoms with Crippen molar-refractivity contribution in [2.24, 2.45) is 0 Å². The van der Waals surface area contributed by atoms with Crippen molar-refractivity contribution in [1.29, 1.82) is 0 Å². The first-order chi connectivity index (χ1) is 10.5. The van der Waals surface area contributed by atoms with Gasteiger partial charge in [0.25, 0.3) is 11.2 Å². The van der Waals surface area contributed by atoms with Crippen LogP contribution >= 0.6 is 0 Å². The average molecular weight is 302 g/mol. The van der Waals surface area contributed by atoms with E-state index in [9.17, 15) is 24.5 Å². The van der Waals surface area contributed by atoms with Crippen molar-refractivity contribution >= 4 is 17.4 Å². The van der Waals surface area contributed by atoms with Gasteiger partial charge < -0.3 is 5.32 Å². The first-order valence-corrected chi connectivity index (χ1v) is 6.37. The van der Waals surface area contributed by atoms with Crippen LogP contribution in [0.2, 0.25) is 0 Å². The topological polar surface area (TPSA) is 138 Å². The number of carbonyl (C=O) groups is 1. The van der Waals surface area contributed by atoms with Gasteiger partial charge in [-0.1, -0.05) is 18.2 Å². The van der Waals surface area contributed by atoms with Gasteiger partial charge in [0.1, 0.15) is 5.82 Å². The molecule has 0 radical (unpaired) electrons. The Morgan fingerprint density at radius 2 is 1.86 bits per heavy atom. The maximum Gasteiger partial charge on any atom is 0.327 e. The molecule has 9 nitrogen and oxygen atoms in total. The van der Waals surface area contributed by atoms with Crippen LogP contribution in [0.3, 0.4) is 0 Å². The van der Waals surface area contributed by atoms with Crippen LogP contribution in [0, 0.1) is 10.1 Å². The molecule has 9 heteroatoms. The first-order valence-electron chi connectivity index (χ1n) is 6.37. The zero-order valence-corrected chi connectivity index (χ0v) is 11.1. The molecular formula is C13H10N4O5. The smallest absolute Gasteiger partial charge is 0.312 e. The summed E-state index contributed by atoms with van der Waals surface area (Å²) in [7, 11) is 0. The van der Waals surface area contributed by atoms with E-state index >= 15 is 0 Å². The number of amides is 1. The zero-order valence-electron chi connectivity index (χ0n) is 11.1. The highest BCUT2D eigenvalue weighted by molar-refractivity contribution is 5.94. The molecule has 22 heavy (non-hydrogen) atoms. The summed E-state index contributed by atoms with van der Waals surface area (Å²) in [4.78, 5) is 50.2. The van der Waals surface area contributed by atoms with Crippen LogP contribution in [0.1, 0.15) is 23.5 Å². The van der Waals surface area contributed by atoms with Crippen LogP contribution in [-0.4, -0.2) is 20.8 Å². The molecule has 0 fully saturated rings. The summed E-state index contributed by atoms with van der Waals surface area (Å²) in [6.07, 6.45) is -0.118. The number of benzene rings is 1. The Bertz CT molecular complexity index is 898. The number of nitro benzene ring substituents is 1. The van der Waals surface area contributed by atoms with Crippen LogP contribution in [-0.2, 0) is 4.79 Å². The molecule has 0 bridgehead atoms. The van der Waals surface area contributed by atoms with Crippen molar-refractivity contribution in [2.75, 3.05) is 5.32 Å². The second-order valence-corrected chi connectivity index (χ2v) is 4.82. The molecule has 1 aromatic carbocycles. The van der Waals surface area contributed by atoms with Gasteiger partial charge >= 0.3 is 5.69 Å². The summed E-state index contributed by atoms with van der Waals surface area (Å²) in [6.45, 7) is 0. The fourth-order valence-corrected chi connectivity index (χ4v) is 2.62. The molecule has 0 aliphatic carbocycles. The SMILES string of the molecule is O=C1CC(c2ccccc2[N+](=O)[O-])c2c([nH]c(=O)[nH]c2=O)N1. The molecule has 1 amide bonds. The van der Waals surface area contributed by atoms with Crippen molar-refractivity contribution in [1.82, 2.24) is 9.97 Å². The molecule has 0 spiro atoms. The number of fused-ring (bicyclic) bond motifs is 1. The van der Waals surface area contributed by atoms with Crippen molar-refractivity contribution in [3.63, 3.8) is 0 Å². The number of hydrogen-bond donors (Lipinski definition) is 3. The summed E-state index contributed by atoms with van der Waals surface area (Å²) in [5, 5.41) is 13.6. The Balaban J connectivity index is 2.27. The number of aromatic amines is 2. The Hall–Kier alpha value is -3.23. The van der Waals surface area contributed by atoms with E-state index in [-0.39, 0.29) is 29.1 Å². The monoisotopic (exact) mass is 302 g/mol. The lowest BCUT2D eigenvalue weighted by atomic mass is 9.86. The third-order valence-electron chi connectivity index (χ3n) is 3.49. The fraction of sp³-hybridized carbons (Fsp3) is 0.154. The lowest BCUT2D eigenvalue weighted by molar-refractivity contribution is -0.385. The Labute approximate surface area is 122 Å². The van der Waals surface area contributed by atoms with Crippen LogP contribution in [0.5, 0.6) is 0 Å². The quantitative estimate of drug-likeness (QED) is 0.546. The molecule has 1 aliphatic heterocycles. The minimum absolute atomic E-state index is 0.0202. The summed E-state index contributed by atoms with van der Waals surface area (Å²) in [5.74, 6) is -1.25. The van der Waals surface area contributed by atoms with Crippen LogP contribution in [0.4, 0.5) is 11.5 Å². The van der Waals surface area contributed by atoms with E-state index in [1.54, 1.807) is 6.07 Å². The number of rotatable bonds is 2. The van der Waals surface area contributed by atoms with Gasteiger partial charge in [-0.25, -0.2) is 4.79 Å². The number of carbonyl (C=O) groups excluding carboxylic acids is 1. The minimum atomic E-state index is -0.800. The predicted octanol–water partition coefficient (Wildman–Crippen LogP) is 0.445. The number of nitrogens with zero attached hydrogens (tertiary/aromatic N) is 1. The molecule has 3 rings (SSSR count). The maximum atomic E-state index is 12.1. The predicted molar refractivity (Wildman–Crippen MR) is 75.9 cm³/mol. The highest BCUT2D eigenvalue weighted by atomic mass is 16.6. The molecule has 1 aliphatic rings. The number of hydrogen-bond acceptors (Lipinski definition) is 5. The van der Waals surface area contributed by atoms with Crippen molar-refractivity contribution < 1.29 is 9.72 Å². The zero-order chi connectivity index (χ0) is 15.9. The normalized spacial score (nSPS) is 16.7. The van der Waals surface area contributed by atoms with Crippen LogP contribution in [0.25, 0.3) is 0 Å². The Morgan fingerprint density at radius 3 is 2.59 bits per heavy atom. The number of anilines is 1. The summed E-state index contributed by atoms with van der Waals surface area (Å²) < 4.78 is 0. The Kier molecular flexibility index (Phi) is 3.09. The standard InChI is InChI=1S/C13H10N4O5/c18-9-5-7(6-3-1-2-4-8(6)17(21)22)10-11(14-9)15-13(20)16-12(10)19/h1-4,7H,5H2,(H3,14,15,16,18,19,20). The van der Waals surface area contributed by atoms with Crippen LogP contribution < -0.4 is 16.6 Å². The molecule has 2 aromatic rings. The molecule has 112 valence electrons. The summed E-state index contributed by atoms with van der Waals surface area (Å²) >= 11 is 0. The van der Waals surface area contributed by atoms with E-state index < -0.39 is 28.0 Å². The second kappa shape index (κ2) is 4.95. The number of nitrogens with one attached hydrogen (secondary N) is 3. The van der Waals surface area contributed by atoms with Crippen molar-refractivity contribution in [2.45, 2.75) is 12.3 Å². The minimum Gasteiger partial charge on any atom is -0.312 e. The maximum absolute atomic E-state index is 12.1. The molecular weight excluding hydrogens is 292 g/mol. The van der Waals surface area contributed by atoms with Gasteiger partial charge in [0.2, 0.25) is 5.91 Å². The largest absolute Gasteiger partial charge is 0.327 e. The van der Waals surface area contributed by atoms with E-state index in [0.29, 0.717) is 0 Å². The van der Waals surface area contributed by atoms with Gasteiger partial charge in [-0.15, -0.1) is 0 Å². The summed E-state index contributed by atoms with van der Waals surface area (Å²) in [6, 6.07) is 5.90. The molecule has 1 unspecified atom stereocenters. The number of para-hydroxylation sites is 1. The van der Waals surface area contributed by atoms with Crippen molar-refractivity contribution in [3.8, 4) is 0 Å². The molecule has 0 saturated heterocycles. The first kappa shape index (κ1) is 13.7. The van der Waals surface area contributed by atoms with E-state index in [1.165, 1.54) is 18.2 Å². The highest BCUT2D eigenvalue weighted by Crippen LogP contribution is 2.37. The molecule has 0 saturated carbocycles. The molecule has 1 atom stereocenters. The van der Waals surface area contributed by atoms with Gasteiger partial charge in [0.05, 0.1) is 10.5 Å². The van der Waals surface area contributed by atoms with E-state index in [0.717, 1.165) is 0 Å². The number of aromatic nitrogens is 2. The number of H-pyrrole nitrogens is 2. The second-order valence-electron chi connectivity index (χ2n) is 4.82. The van der Waals surface area contributed by atoms with E-state index in [1.807, 2.05) is 0 Å². The van der Waals surface area contributed by atoms with Crippen LogP contribution in [0.15, 0.2) is 33.9 Å². The molecule has 3 N–H and O–H groups in total. The molecule has 1 aromatic heterocycles. The van der Waals surface area contributed by atoms with Crippen molar-refractivity contribution in [3.05, 3.63) is 66.3 Å². The third-order valence-corrected chi connectivity index (χ3v) is 3.49. The lowest BCUT2D eigenvalue weighted by Gasteiger charge is -2.23. The number of nitro groups is 1. The van der Waals surface area contributed by atoms with Gasteiger partial charge in [0, 0.05) is 24.0 Å². The third kappa shape index (κ3) is 2.18. The van der Waals surface area contributed by atoms with E-state index in [4.69, 9.17) is 0 Å². The van der Waals surface area contributed by atoms with Gasteiger partial charge in [-0.3, -0.25) is 29.7 Å². The van der Waals surface area contributed by atoms with Gasteiger partial charge in [-0.05, 0) is 0 Å². The van der Waals surface area contributed by atoms with E-state index in [2.05, 4.69) is 15.3 Å². The fourth-order valence-electron chi connectivity index (χ4n) is 2.62. The Morgan fingerprint density at radius 1 is 1.14 bits per heavy atom.